The molecule has 5 aliphatic rings. The lowest BCUT2D eigenvalue weighted by Gasteiger charge is -2.02. The van der Waals surface area contributed by atoms with E-state index < -0.39 is 0 Å². The van der Waals surface area contributed by atoms with Gasteiger partial charge >= 0.3 is 5.97 Å². The van der Waals surface area contributed by atoms with E-state index in [4.69, 9.17) is 9.47 Å². The molecule has 0 saturated heterocycles. The highest BCUT2D eigenvalue weighted by Gasteiger charge is 2.13. The molecule has 0 amide bonds. The summed E-state index contributed by atoms with van der Waals surface area (Å²) >= 11 is 0. The minimum Gasteiger partial charge on any atom is -0.497 e. The van der Waals surface area contributed by atoms with Crippen molar-refractivity contribution in [3.05, 3.63) is 142 Å². The molecule has 0 bridgehead atoms. The van der Waals surface area contributed by atoms with Gasteiger partial charge in [-0.05, 0) is 80.9 Å². The fourth-order valence-electron chi connectivity index (χ4n) is 5.94. The standard InChI is InChI=1S/C10H10N2O2.C10H10N2O.C8H8N2O.C8H8N2.C7H6N2/c1-2-14-10(13)7-3-4-9-8(5-7)6-11-12-9;1-7(13)4-8-2-3-10-9(5-8)6-11-12-10;1-11-7-2-3-8-6(4-7)5-9-10-8;1-6-2-3-8-7(4-6)5-9-10-8;1-2-4-7-6(3-1)5-8-9-7/h3-5H,2,6H2,1H3;2-3,5H,4,6H2,1H3;2-4H,5H2,1H3;2-4H,5H2,1H3;1-4H,5H2. The lowest BCUT2D eigenvalue weighted by Crippen LogP contribution is -2.04. The fourth-order valence-corrected chi connectivity index (χ4v) is 5.94. The monoisotopic (exact) mass is 762 g/mol. The van der Waals surface area contributed by atoms with Gasteiger partial charge in [-0.25, -0.2) is 4.79 Å². The molecule has 0 aromatic heterocycles. The van der Waals surface area contributed by atoms with Gasteiger partial charge in [-0.3, -0.25) is 4.79 Å². The van der Waals surface area contributed by atoms with Crippen molar-refractivity contribution < 1.29 is 19.1 Å². The smallest absolute Gasteiger partial charge is 0.338 e. The third-order valence-electron chi connectivity index (χ3n) is 8.80. The SMILES string of the molecule is CC(=O)Cc1ccc2c(c1)CN=N2.CCOC(=O)c1ccc2c(c1)CN=N2.COc1ccc2c(c1)CN=N2.Cc1ccc2c(c1)CN=N2.c1ccc2c(c1)CN=N2. The van der Waals surface area contributed by atoms with E-state index in [1.54, 1.807) is 39.2 Å². The minimum atomic E-state index is -0.290. The fraction of sp³-hybridized carbons (Fsp3) is 0.256. The Kier molecular flexibility index (Phi) is 13.6. The number of methoxy groups -OCH3 is 1. The highest BCUT2D eigenvalue weighted by Crippen LogP contribution is 2.31. The average Bonchev–Trinajstić information content (AvgIpc) is 4.08. The normalized spacial score (nSPS) is 13.2. The van der Waals surface area contributed by atoms with Crippen molar-refractivity contribution in [1.82, 2.24) is 0 Å². The summed E-state index contributed by atoms with van der Waals surface area (Å²) in [6.07, 6.45) is 0.507. The Hall–Kier alpha value is -6.96. The van der Waals surface area contributed by atoms with Crippen LogP contribution in [0, 0.1) is 6.92 Å². The number of fused-ring (bicyclic) bond motifs is 5. The quantitative estimate of drug-likeness (QED) is 0.162. The van der Waals surface area contributed by atoms with Crippen LogP contribution in [-0.4, -0.2) is 25.5 Å². The van der Waals surface area contributed by atoms with Crippen LogP contribution < -0.4 is 4.74 Å². The molecular formula is C43H42N10O4. The molecule has 5 aliphatic heterocycles. The number of carbonyl (C=O) groups is 2. The predicted molar refractivity (Wildman–Crippen MR) is 215 cm³/mol. The second kappa shape index (κ2) is 19.6. The summed E-state index contributed by atoms with van der Waals surface area (Å²) in [6, 6.07) is 31.2. The van der Waals surface area contributed by atoms with Crippen LogP contribution in [0.5, 0.6) is 5.75 Å². The van der Waals surface area contributed by atoms with Gasteiger partial charge in [-0.15, -0.1) is 0 Å². The maximum absolute atomic E-state index is 11.4. The molecule has 57 heavy (non-hydrogen) atoms. The number of nitrogens with zero attached hydrogens (tertiary/aromatic N) is 10. The van der Waals surface area contributed by atoms with Gasteiger partial charge in [-0.2, -0.15) is 51.1 Å². The molecule has 0 saturated carbocycles. The summed E-state index contributed by atoms with van der Waals surface area (Å²) in [5.41, 5.74) is 13.4. The first kappa shape index (κ1) is 39.7. The molecular weight excluding hydrogens is 721 g/mol. The molecule has 5 aromatic rings. The number of esters is 1. The molecule has 288 valence electrons. The molecule has 10 rings (SSSR count). The summed E-state index contributed by atoms with van der Waals surface area (Å²) in [5, 5.41) is 39.2. The van der Waals surface area contributed by atoms with Crippen LogP contribution in [-0.2, 0) is 48.7 Å². The van der Waals surface area contributed by atoms with Crippen LogP contribution in [0.2, 0.25) is 0 Å². The highest BCUT2D eigenvalue weighted by molar-refractivity contribution is 5.90. The van der Waals surface area contributed by atoms with Crippen molar-refractivity contribution in [3.8, 4) is 5.75 Å². The van der Waals surface area contributed by atoms with Gasteiger partial charge in [0.1, 0.15) is 11.5 Å². The first-order chi connectivity index (χ1) is 27.8. The van der Waals surface area contributed by atoms with Crippen molar-refractivity contribution >= 4 is 40.2 Å². The number of azo groups is 5. The van der Waals surface area contributed by atoms with Crippen molar-refractivity contribution in [2.75, 3.05) is 13.7 Å². The topological polar surface area (TPSA) is 176 Å². The maximum atomic E-state index is 11.4. The Bertz CT molecular complexity index is 2400. The summed E-state index contributed by atoms with van der Waals surface area (Å²) in [7, 11) is 1.66. The Morgan fingerprint density at radius 2 is 1.05 bits per heavy atom. The third kappa shape index (κ3) is 11.1. The molecule has 0 atom stereocenters. The zero-order valence-corrected chi connectivity index (χ0v) is 32.3. The van der Waals surface area contributed by atoms with Gasteiger partial charge in [0.15, 0.2) is 0 Å². The summed E-state index contributed by atoms with van der Waals surface area (Å²) in [6.45, 7) is 9.28. The van der Waals surface area contributed by atoms with E-state index in [1.807, 2.05) is 60.7 Å². The van der Waals surface area contributed by atoms with Crippen LogP contribution >= 0.6 is 0 Å². The number of aryl methyl sites for hydroxylation is 1. The number of hydrogen-bond acceptors (Lipinski definition) is 14. The number of hydrogen-bond donors (Lipinski definition) is 0. The minimum absolute atomic E-state index is 0.187. The third-order valence-corrected chi connectivity index (χ3v) is 8.80. The van der Waals surface area contributed by atoms with Crippen LogP contribution in [0.4, 0.5) is 28.4 Å². The molecule has 0 radical (unpaired) electrons. The van der Waals surface area contributed by atoms with E-state index in [0.717, 1.165) is 69.5 Å². The lowest BCUT2D eigenvalue weighted by molar-refractivity contribution is -0.116. The van der Waals surface area contributed by atoms with Gasteiger partial charge in [-0.1, -0.05) is 48.0 Å². The molecule has 0 unspecified atom stereocenters. The summed E-state index contributed by atoms with van der Waals surface area (Å²) in [4.78, 5) is 22.2. The van der Waals surface area contributed by atoms with Gasteiger partial charge in [0.25, 0.3) is 0 Å². The molecule has 0 fully saturated rings. The Labute approximate surface area is 330 Å². The average molecular weight is 763 g/mol. The molecule has 14 nitrogen and oxygen atoms in total. The van der Waals surface area contributed by atoms with Crippen LogP contribution in [0.3, 0.4) is 0 Å². The number of benzene rings is 5. The Morgan fingerprint density at radius 3 is 1.63 bits per heavy atom. The molecule has 14 heteroatoms. The highest BCUT2D eigenvalue weighted by atomic mass is 16.5. The second-order valence-electron chi connectivity index (χ2n) is 13.2. The molecule has 0 aliphatic carbocycles. The summed E-state index contributed by atoms with van der Waals surface area (Å²) < 4.78 is 9.94. The number of Topliss-reactive ketones (excluding diaryl/α,β-unsaturated/α-hetero) is 1. The van der Waals surface area contributed by atoms with Gasteiger partial charge in [0, 0.05) is 34.2 Å². The van der Waals surface area contributed by atoms with Crippen molar-refractivity contribution in [2.45, 2.75) is 59.9 Å². The van der Waals surface area contributed by atoms with Crippen LogP contribution in [0.25, 0.3) is 0 Å². The van der Waals surface area contributed by atoms with Gasteiger partial charge in [0.05, 0.1) is 80.4 Å². The predicted octanol–water partition coefficient (Wildman–Crippen LogP) is 12.0. The Balaban J connectivity index is 0.000000121. The molecule has 0 N–H and O–H groups in total. The first-order valence-corrected chi connectivity index (χ1v) is 18.4. The van der Waals surface area contributed by atoms with Crippen molar-refractivity contribution in [3.63, 3.8) is 0 Å². The maximum Gasteiger partial charge on any atom is 0.338 e. The zero-order valence-electron chi connectivity index (χ0n) is 32.3. The summed E-state index contributed by atoms with van der Waals surface area (Å²) in [5.74, 6) is 0.769. The van der Waals surface area contributed by atoms with E-state index in [0.29, 0.717) is 38.2 Å². The van der Waals surface area contributed by atoms with E-state index in [-0.39, 0.29) is 11.8 Å². The Morgan fingerprint density at radius 1 is 0.561 bits per heavy atom. The first-order valence-electron chi connectivity index (χ1n) is 18.4. The van der Waals surface area contributed by atoms with Crippen LogP contribution in [0.15, 0.2) is 148 Å². The van der Waals surface area contributed by atoms with Gasteiger partial charge < -0.3 is 9.47 Å². The van der Waals surface area contributed by atoms with Gasteiger partial charge in [0.2, 0.25) is 0 Å². The van der Waals surface area contributed by atoms with Crippen molar-refractivity contribution in [2.24, 2.45) is 51.1 Å². The van der Waals surface area contributed by atoms with Crippen LogP contribution in [0.1, 0.15) is 63.1 Å². The zero-order chi connectivity index (χ0) is 40.0. The molecule has 5 heterocycles. The number of rotatable bonds is 5. The van der Waals surface area contributed by atoms with E-state index >= 15 is 0 Å². The molecule has 0 spiro atoms. The number of carbonyl (C=O) groups excluding carboxylic acids is 2. The van der Waals surface area contributed by atoms with E-state index in [9.17, 15) is 9.59 Å². The largest absolute Gasteiger partial charge is 0.497 e. The molecule has 5 aromatic carbocycles. The second-order valence-corrected chi connectivity index (χ2v) is 13.2. The van der Waals surface area contributed by atoms with E-state index in [1.165, 1.54) is 16.7 Å². The number of ether oxygens (including phenoxy) is 2. The van der Waals surface area contributed by atoms with E-state index in [2.05, 4.69) is 76.3 Å². The number of ketones is 1. The van der Waals surface area contributed by atoms with Crippen molar-refractivity contribution in [1.29, 1.82) is 0 Å². The lowest BCUT2D eigenvalue weighted by atomic mass is 10.1.